The minimum atomic E-state index is -1.06. The smallest absolute Gasteiger partial charge is 0.310 e. The third kappa shape index (κ3) is 5.03. The van der Waals surface area contributed by atoms with Gasteiger partial charge >= 0.3 is 5.97 Å². The first-order valence-corrected chi connectivity index (χ1v) is 11.2. The molecule has 1 saturated heterocycles. The minimum absolute atomic E-state index is 0.0747. The Kier molecular flexibility index (Phi) is 6.82. The SMILES string of the molecule is [C-]#[N+]c1ccc(Nc2cc(C)[nH]n2)nc1CC1(C(=O)O)CCN(Cc2cccc(Cl)c2F)CC1. The molecule has 3 N–H and O–H groups in total. The normalized spacial score (nSPS) is 15.6. The number of carboxylic acids is 1. The summed E-state index contributed by atoms with van der Waals surface area (Å²) in [5.41, 5.74) is 1.07. The number of carboxylic acid groups (broad SMARTS) is 1. The number of rotatable bonds is 7. The number of pyridine rings is 1. The summed E-state index contributed by atoms with van der Waals surface area (Å²) in [6.07, 6.45) is 0.855. The van der Waals surface area contributed by atoms with Crippen molar-refractivity contribution in [1.82, 2.24) is 20.1 Å². The molecule has 1 aliphatic heterocycles. The molecule has 0 unspecified atom stereocenters. The van der Waals surface area contributed by atoms with Crippen LogP contribution in [0.25, 0.3) is 4.85 Å². The van der Waals surface area contributed by atoms with Crippen LogP contribution in [0, 0.1) is 24.7 Å². The van der Waals surface area contributed by atoms with Gasteiger partial charge in [-0.15, -0.1) is 0 Å². The second kappa shape index (κ2) is 9.79. The highest BCUT2D eigenvalue weighted by Gasteiger charge is 2.42. The van der Waals surface area contributed by atoms with Gasteiger partial charge in [0.2, 0.25) is 5.69 Å². The number of H-pyrrole nitrogens is 1. The lowest BCUT2D eigenvalue weighted by Crippen LogP contribution is -2.45. The van der Waals surface area contributed by atoms with Crippen molar-refractivity contribution < 1.29 is 14.3 Å². The standard InChI is InChI=1S/C24H24ClFN6O2/c1-15-12-21(31-30-15)29-20-7-6-18(27-2)19(28-20)13-24(23(33)34)8-10-32(11-9-24)14-16-4-3-5-17(25)22(16)26/h3-7,12H,8-11,13-14H2,1H3,(H,33,34)(H2,28,29,30,31). The van der Waals surface area contributed by atoms with Crippen molar-refractivity contribution >= 4 is 34.9 Å². The lowest BCUT2D eigenvalue weighted by Gasteiger charge is -2.39. The summed E-state index contributed by atoms with van der Waals surface area (Å²) in [6.45, 7) is 10.7. The van der Waals surface area contributed by atoms with Gasteiger partial charge in [-0.25, -0.2) is 14.2 Å². The zero-order valence-electron chi connectivity index (χ0n) is 18.6. The lowest BCUT2D eigenvalue weighted by atomic mass is 9.74. The number of nitrogens with zero attached hydrogens (tertiary/aromatic N) is 4. The summed E-state index contributed by atoms with van der Waals surface area (Å²) in [6, 6.07) is 10.0. The van der Waals surface area contributed by atoms with Gasteiger partial charge in [0.1, 0.15) is 11.6 Å². The predicted octanol–water partition coefficient (Wildman–Crippen LogP) is 5.11. The summed E-state index contributed by atoms with van der Waals surface area (Å²) < 4.78 is 14.3. The Morgan fingerprint density at radius 1 is 1.32 bits per heavy atom. The zero-order chi connectivity index (χ0) is 24.3. The van der Waals surface area contributed by atoms with Crippen LogP contribution in [0.5, 0.6) is 0 Å². The third-order valence-electron chi connectivity index (χ3n) is 6.23. The van der Waals surface area contributed by atoms with E-state index in [2.05, 4.69) is 25.3 Å². The fraction of sp³-hybridized carbons (Fsp3) is 0.333. The van der Waals surface area contributed by atoms with E-state index in [-0.39, 0.29) is 11.4 Å². The van der Waals surface area contributed by atoms with Crippen molar-refractivity contribution in [2.24, 2.45) is 5.41 Å². The van der Waals surface area contributed by atoms with Gasteiger partial charge in [-0.2, -0.15) is 5.10 Å². The van der Waals surface area contributed by atoms with Crippen LogP contribution < -0.4 is 5.32 Å². The van der Waals surface area contributed by atoms with Gasteiger partial charge in [0.15, 0.2) is 5.82 Å². The number of halogens is 2. The molecule has 0 bridgehead atoms. The number of benzene rings is 1. The highest BCUT2D eigenvalue weighted by Crippen LogP contribution is 2.38. The number of hydrogen-bond donors (Lipinski definition) is 3. The molecule has 0 atom stereocenters. The fourth-order valence-corrected chi connectivity index (χ4v) is 4.44. The second-order valence-corrected chi connectivity index (χ2v) is 8.99. The van der Waals surface area contributed by atoms with Crippen LogP contribution in [0.2, 0.25) is 5.02 Å². The number of nitrogens with one attached hydrogen (secondary N) is 2. The van der Waals surface area contributed by atoms with Gasteiger partial charge in [0, 0.05) is 23.9 Å². The van der Waals surface area contributed by atoms with Gasteiger partial charge in [0.25, 0.3) is 0 Å². The molecule has 0 aliphatic carbocycles. The average Bonchev–Trinajstić information content (AvgIpc) is 3.22. The Hall–Kier alpha value is -3.48. The van der Waals surface area contributed by atoms with E-state index < -0.39 is 17.2 Å². The molecule has 0 radical (unpaired) electrons. The van der Waals surface area contributed by atoms with Crippen molar-refractivity contribution in [3.05, 3.63) is 75.6 Å². The van der Waals surface area contributed by atoms with Crippen LogP contribution in [0.1, 0.15) is 29.8 Å². The molecule has 176 valence electrons. The molecule has 8 nitrogen and oxygen atoms in total. The van der Waals surface area contributed by atoms with Crippen LogP contribution in [-0.4, -0.2) is 44.2 Å². The molecular weight excluding hydrogens is 459 g/mol. The van der Waals surface area contributed by atoms with Crippen LogP contribution in [0.3, 0.4) is 0 Å². The van der Waals surface area contributed by atoms with Crippen molar-refractivity contribution in [2.75, 3.05) is 18.4 Å². The van der Waals surface area contributed by atoms with Gasteiger partial charge in [-0.1, -0.05) is 29.8 Å². The number of hydrogen-bond acceptors (Lipinski definition) is 5. The predicted molar refractivity (Wildman–Crippen MR) is 127 cm³/mol. The molecule has 1 aromatic carbocycles. The van der Waals surface area contributed by atoms with Crippen LogP contribution in [-0.2, 0) is 17.8 Å². The Bertz CT molecular complexity index is 1250. The molecule has 2 aromatic heterocycles. The summed E-state index contributed by atoms with van der Waals surface area (Å²) >= 11 is 5.89. The van der Waals surface area contributed by atoms with E-state index in [1.165, 1.54) is 6.07 Å². The third-order valence-corrected chi connectivity index (χ3v) is 6.52. The number of aliphatic carboxylic acids is 1. The van der Waals surface area contributed by atoms with Crippen LogP contribution in [0.15, 0.2) is 36.4 Å². The van der Waals surface area contributed by atoms with Crippen LogP contribution in [0.4, 0.5) is 21.7 Å². The van der Waals surface area contributed by atoms with Crippen molar-refractivity contribution in [3.8, 4) is 0 Å². The zero-order valence-corrected chi connectivity index (χ0v) is 19.4. The number of piperidine rings is 1. The largest absolute Gasteiger partial charge is 0.481 e. The van der Waals surface area contributed by atoms with E-state index in [0.717, 1.165) is 5.69 Å². The van der Waals surface area contributed by atoms with Gasteiger partial charge < -0.3 is 10.4 Å². The number of aryl methyl sites for hydroxylation is 1. The van der Waals surface area contributed by atoms with Gasteiger partial charge in [-0.3, -0.25) is 14.8 Å². The Labute approximate surface area is 201 Å². The van der Waals surface area contributed by atoms with Crippen molar-refractivity contribution in [3.63, 3.8) is 0 Å². The number of anilines is 2. The Balaban J connectivity index is 1.51. The lowest BCUT2D eigenvalue weighted by molar-refractivity contribution is -0.152. The minimum Gasteiger partial charge on any atom is -0.481 e. The molecule has 4 rings (SSSR count). The molecule has 3 aromatic rings. The Morgan fingerprint density at radius 2 is 2.09 bits per heavy atom. The highest BCUT2D eigenvalue weighted by atomic mass is 35.5. The first-order chi connectivity index (χ1) is 16.3. The van der Waals surface area contributed by atoms with E-state index in [1.54, 1.807) is 24.3 Å². The molecule has 0 saturated carbocycles. The van der Waals surface area contributed by atoms with E-state index in [1.807, 2.05) is 17.9 Å². The van der Waals surface area contributed by atoms with E-state index in [9.17, 15) is 14.3 Å². The molecule has 10 heteroatoms. The topological polar surface area (TPSA) is 98.5 Å². The Morgan fingerprint density at radius 3 is 2.74 bits per heavy atom. The molecule has 3 heterocycles. The molecule has 0 amide bonds. The number of aromatic amines is 1. The first-order valence-electron chi connectivity index (χ1n) is 10.8. The van der Waals surface area contributed by atoms with E-state index >= 15 is 0 Å². The molecule has 1 aliphatic rings. The number of likely N-dealkylation sites (tertiary alicyclic amines) is 1. The summed E-state index contributed by atoms with van der Waals surface area (Å²) in [5.74, 6) is -0.286. The quantitative estimate of drug-likeness (QED) is 0.405. The number of aromatic nitrogens is 3. The van der Waals surface area contributed by atoms with Crippen LogP contribution >= 0.6 is 11.6 Å². The van der Waals surface area contributed by atoms with E-state index in [4.69, 9.17) is 18.2 Å². The molecule has 0 spiro atoms. The molecule has 34 heavy (non-hydrogen) atoms. The first kappa shape index (κ1) is 23.7. The monoisotopic (exact) mass is 482 g/mol. The van der Waals surface area contributed by atoms with Crippen molar-refractivity contribution in [1.29, 1.82) is 0 Å². The summed E-state index contributed by atoms with van der Waals surface area (Å²) in [4.78, 5) is 22.5. The van der Waals surface area contributed by atoms with Gasteiger partial charge in [-0.05, 0) is 51.4 Å². The summed E-state index contributed by atoms with van der Waals surface area (Å²) in [5, 5.41) is 20.3. The highest BCUT2D eigenvalue weighted by molar-refractivity contribution is 6.30. The average molecular weight is 483 g/mol. The fourth-order valence-electron chi connectivity index (χ4n) is 4.25. The second-order valence-electron chi connectivity index (χ2n) is 8.59. The van der Waals surface area contributed by atoms with Gasteiger partial charge in [0.05, 0.1) is 22.7 Å². The number of carbonyl (C=O) groups is 1. The maximum absolute atomic E-state index is 14.3. The van der Waals surface area contributed by atoms with Crippen molar-refractivity contribution in [2.45, 2.75) is 32.7 Å². The molecular formula is C24H24ClFN6O2. The maximum atomic E-state index is 14.3. The van der Waals surface area contributed by atoms with E-state index in [0.29, 0.717) is 61.1 Å². The summed E-state index contributed by atoms with van der Waals surface area (Å²) in [7, 11) is 0. The maximum Gasteiger partial charge on any atom is 0.310 e. The molecule has 1 fully saturated rings.